The van der Waals surface area contributed by atoms with E-state index in [1.807, 2.05) is 6.92 Å². The lowest BCUT2D eigenvalue weighted by molar-refractivity contribution is 0.568. The summed E-state index contributed by atoms with van der Waals surface area (Å²) in [6.45, 7) is 8.28. The van der Waals surface area contributed by atoms with Crippen LogP contribution in [0.2, 0.25) is 0 Å². The van der Waals surface area contributed by atoms with E-state index < -0.39 is 10.8 Å². The van der Waals surface area contributed by atoms with Gasteiger partial charge in [0.2, 0.25) is 0 Å². The fourth-order valence-corrected chi connectivity index (χ4v) is 5.11. The summed E-state index contributed by atoms with van der Waals surface area (Å²) < 4.78 is 12.1. The Morgan fingerprint density at radius 3 is 2.64 bits per heavy atom. The van der Waals surface area contributed by atoms with Gasteiger partial charge in [0, 0.05) is 16.6 Å². The van der Waals surface area contributed by atoms with Crippen molar-refractivity contribution in [3.05, 3.63) is 0 Å². The zero-order valence-corrected chi connectivity index (χ0v) is 11.0. The summed E-state index contributed by atoms with van der Waals surface area (Å²) in [5.74, 6) is 0.820. The van der Waals surface area contributed by atoms with E-state index in [-0.39, 0.29) is 10.1 Å². The van der Waals surface area contributed by atoms with Crippen LogP contribution >= 0.6 is 11.8 Å². The quantitative estimate of drug-likeness (QED) is 0.747. The van der Waals surface area contributed by atoms with E-state index in [9.17, 15) is 4.21 Å². The van der Waals surface area contributed by atoms with Crippen molar-refractivity contribution in [2.24, 2.45) is 4.99 Å². The lowest BCUT2D eigenvalue weighted by Gasteiger charge is -2.22. The van der Waals surface area contributed by atoms with Crippen molar-refractivity contribution in [3.8, 4) is 0 Å². The highest BCUT2D eigenvalue weighted by Gasteiger charge is 2.39. The van der Waals surface area contributed by atoms with E-state index in [2.05, 4.69) is 25.8 Å². The van der Waals surface area contributed by atoms with Gasteiger partial charge < -0.3 is 0 Å². The van der Waals surface area contributed by atoms with Gasteiger partial charge in [-0.05, 0) is 27.2 Å². The van der Waals surface area contributed by atoms with Gasteiger partial charge in [-0.1, -0.05) is 25.1 Å². The number of nitrogens with zero attached hydrogens (tertiary/aromatic N) is 1. The predicted octanol–water partition coefficient (Wildman–Crippen LogP) is 2.81. The van der Waals surface area contributed by atoms with Crippen LogP contribution in [0.1, 0.15) is 40.5 Å². The highest BCUT2D eigenvalue weighted by molar-refractivity contribution is 8.22. The van der Waals surface area contributed by atoms with Crippen LogP contribution in [0.5, 0.6) is 0 Å². The molecule has 1 rings (SSSR count). The minimum atomic E-state index is -0.737. The summed E-state index contributed by atoms with van der Waals surface area (Å²) in [5.41, 5.74) is -0.145. The van der Waals surface area contributed by atoms with E-state index in [1.54, 1.807) is 11.8 Å². The molecule has 2 nitrogen and oxygen atoms in total. The molecule has 0 aromatic heterocycles. The first kappa shape index (κ1) is 12.2. The molecule has 0 fully saturated rings. The van der Waals surface area contributed by atoms with Gasteiger partial charge in [-0.2, -0.15) is 0 Å². The number of aliphatic imine (C=N–C) groups is 1. The third-order valence-electron chi connectivity index (χ3n) is 2.24. The number of rotatable bonds is 4. The van der Waals surface area contributed by atoms with Gasteiger partial charge in [0.25, 0.3) is 0 Å². The Kier molecular flexibility index (Phi) is 4.19. The molecular weight excluding hydrogens is 214 g/mol. The molecule has 0 aliphatic carbocycles. The average molecular weight is 233 g/mol. The van der Waals surface area contributed by atoms with Gasteiger partial charge in [0.1, 0.15) is 4.58 Å². The molecule has 0 saturated heterocycles. The molecule has 1 aliphatic rings. The fourth-order valence-electron chi connectivity index (χ4n) is 1.55. The molecule has 0 N–H and O–H groups in total. The van der Waals surface area contributed by atoms with Crippen molar-refractivity contribution in [1.82, 2.24) is 0 Å². The molecular formula is C10H19NOS2. The van der Waals surface area contributed by atoms with Crippen molar-refractivity contribution in [1.29, 1.82) is 0 Å². The first-order chi connectivity index (χ1) is 6.47. The van der Waals surface area contributed by atoms with Crippen LogP contribution in [-0.4, -0.2) is 25.1 Å². The largest absolute Gasteiger partial charge is 0.275 e. The monoisotopic (exact) mass is 233 g/mol. The second-order valence-corrected chi connectivity index (χ2v) is 7.41. The smallest absolute Gasteiger partial charge is 0.110 e. The molecule has 1 aliphatic heterocycles. The lowest BCUT2D eigenvalue weighted by atomic mass is 10.1. The number of thioether (sulfide) groups is 1. The Morgan fingerprint density at radius 2 is 2.21 bits per heavy atom. The minimum absolute atomic E-state index is 0.145. The summed E-state index contributed by atoms with van der Waals surface area (Å²) in [5, 5.41) is 1.07. The standard InChI is InChI=1S/C10H19NOS2/c1-5-6-7-14(12)9-10(3,4)11-8(2)13-9/h9H,5-7H2,1-4H3. The highest BCUT2D eigenvalue weighted by atomic mass is 32.2. The first-order valence-corrected chi connectivity index (χ1v) is 7.34. The Bertz CT molecular complexity index is 261. The zero-order chi connectivity index (χ0) is 10.8. The first-order valence-electron chi connectivity index (χ1n) is 5.07. The van der Waals surface area contributed by atoms with Crippen LogP contribution in [0.15, 0.2) is 4.99 Å². The van der Waals surface area contributed by atoms with Crippen molar-refractivity contribution in [2.75, 3.05) is 5.75 Å². The maximum absolute atomic E-state index is 12.0. The normalized spacial score (nSPS) is 27.4. The molecule has 0 saturated carbocycles. The molecule has 0 amide bonds. The minimum Gasteiger partial charge on any atom is -0.275 e. The Hall–Kier alpha value is 0.170. The molecule has 0 radical (unpaired) electrons. The number of hydrogen-bond donors (Lipinski definition) is 0. The van der Waals surface area contributed by atoms with Crippen molar-refractivity contribution in [2.45, 2.75) is 50.7 Å². The van der Waals surface area contributed by atoms with Gasteiger partial charge in [-0.25, -0.2) is 0 Å². The van der Waals surface area contributed by atoms with Crippen molar-refractivity contribution < 1.29 is 4.21 Å². The van der Waals surface area contributed by atoms with Gasteiger partial charge in [0.05, 0.1) is 10.6 Å². The molecule has 4 heteroatoms. The predicted molar refractivity (Wildman–Crippen MR) is 66.5 cm³/mol. The maximum atomic E-state index is 12.0. The zero-order valence-electron chi connectivity index (χ0n) is 9.37. The topological polar surface area (TPSA) is 29.4 Å². The molecule has 0 spiro atoms. The fraction of sp³-hybridized carbons (Fsp3) is 0.900. The Morgan fingerprint density at radius 1 is 1.57 bits per heavy atom. The molecule has 1 heterocycles. The maximum Gasteiger partial charge on any atom is 0.110 e. The molecule has 2 unspecified atom stereocenters. The second kappa shape index (κ2) is 4.79. The van der Waals surface area contributed by atoms with Gasteiger partial charge in [-0.15, -0.1) is 0 Å². The Balaban J connectivity index is 2.58. The molecule has 2 atom stereocenters. The summed E-state index contributed by atoms with van der Waals surface area (Å²) in [6, 6.07) is 0. The van der Waals surface area contributed by atoms with Crippen LogP contribution in [0.3, 0.4) is 0 Å². The van der Waals surface area contributed by atoms with Crippen molar-refractivity contribution in [3.63, 3.8) is 0 Å². The summed E-state index contributed by atoms with van der Waals surface area (Å²) in [4.78, 5) is 4.52. The second-order valence-electron chi connectivity index (χ2n) is 4.17. The molecule has 0 bridgehead atoms. The average Bonchev–Trinajstić information content (AvgIpc) is 2.35. The third kappa shape index (κ3) is 2.83. The summed E-state index contributed by atoms with van der Waals surface area (Å²) in [6.07, 6.45) is 2.17. The van der Waals surface area contributed by atoms with Crippen LogP contribution in [-0.2, 0) is 10.8 Å². The number of hydrogen-bond acceptors (Lipinski definition) is 3. The van der Waals surface area contributed by atoms with E-state index in [0.717, 1.165) is 23.6 Å². The lowest BCUT2D eigenvalue weighted by Crippen LogP contribution is -2.32. The molecule has 14 heavy (non-hydrogen) atoms. The van der Waals surface area contributed by atoms with E-state index in [4.69, 9.17) is 0 Å². The van der Waals surface area contributed by atoms with Crippen LogP contribution in [0.25, 0.3) is 0 Å². The molecule has 0 aromatic rings. The molecule has 82 valence electrons. The molecule has 0 aromatic carbocycles. The Labute approximate surface area is 93.4 Å². The van der Waals surface area contributed by atoms with E-state index in [1.165, 1.54) is 0 Å². The van der Waals surface area contributed by atoms with Gasteiger partial charge in [0.15, 0.2) is 0 Å². The summed E-state index contributed by atoms with van der Waals surface area (Å²) in [7, 11) is -0.737. The van der Waals surface area contributed by atoms with Crippen LogP contribution in [0, 0.1) is 0 Å². The van der Waals surface area contributed by atoms with Crippen molar-refractivity contribution >= 4 is 27.6 Å². The number of unbranched alkanes of at least 4 members (excludes halogenated alkanes) is 1. The van der Waals surface area contributed by atoms with E-state index in [0.29, 0.717) is 0 Å². The summed E-state index contributed by atoms with van der Waals surface area (Å²) >= 11 is 1.68. The van der Waals surface area contributed by atoms with Gasteiger partial charge in [-0.3, -0.25) is 9.20 Å². The van der Waals surface area contributed by atoms with Crippen LogP contribution < -0.4 is 0 Å². The SMILES string of the molecule is CCCCS(=O)C1SC(C)=NC1(C)C. The van der Waals surface area contributed by atoms with Crippen LogP contribution in [0.4, 0.5) is 0 Å². The van der Waals surface area contributed by atoms with E-state index >= 15 is 0 Å². The third-order valence-corrected chi connectivity index (χ3v) is 6.14. The van der Waals surface area contributed by atoms with Gasteiger partial charge >= 0.3 is 0 Å². The highest BCUT2D eigenvalue weighted by Crippen LogP contribution is 2.37.